The van der Waals surface area contributed by atoms with E-state index >= 15 is 0 Å². The third-order valence-corrected chi connectivity index (χ3v) is 6.40. The number of fused-ring (bicyclic) bond motifs is 2. The van der Waals surface area contributed by atoms with Gasteiger partial charge in [0.15, 0.2) is 0 Å². The number of nitrogens with zero attached hydrogens (tertiary/aromatic N) is 3. The van der Waals surface area contributed by atoms with Crippen molar-refractivity contribution in [3.63, 3.8) is 0 Å². The molecule has 32 heavy (non-hydrogen) atoms. The number of pyridine rings is 2. The number of hydrogen-bond donors (Lipinski definition) is 2. The molecule has 2 N–H and O–H groups in total. The smallest absolute Gasteiger partial charge is 0.137 e. The maximum Gasteiger partial charge on any atom is 0.137 e. The number of H-pyrrole nitrogens is 1. The Labute approximate surface area is 187 Å². The fraction of sp³-hybridized carbons (Fsp3) is 0.222. The molecule has 5 heteroatoms. The van der Waals surface area contributed by atoms with Gasteiger partial charge in [0.05, 0.1) is 11.4 Å². The Morgan fingerprint density at radius 3 is 2.81 bits per heavy atom. The molecule has 0 aliphatic heterocycles. The molecule has 5 rings (SSSR count). The van der Waals surface area contributed by atoms with Gasteiger partial charge in [-0.25, -0.2) is 4.98 Å². The van der Waals surface area contributed by atoms with Gasteiger partial charge in [0, 0.05) is 40.8 Å². The van der Waals surface area contributed by atoms with E-state index in [9.17, 15) is 5.11 Å². The van der Waals surface area contributed by atoms with Gasteiger partial charge in [-0.15, -0.1) is 0 Å². The summed E-state index contributed by atoms with van der Waals surface area (Å²) in [6.07, 6.45) is 8.11. The lowest BCUT2D eigenvalue weighted by molar-refractivity contribution is 0.0744. The standard InChI is InChI=1S/C27H26N4O/c1-4-24(31-18(3)23-16-30-26-22(23)11-7-13-29-26)19-8-5-9-20(14-19)27(32)15-17(2)21-10-6-12-28-25(21)27/h4-14,16-17,32H,15H2,1-3H3,(H,29,30)/b24-4-,31-18?. The number of hydrogen-bond acceptors (Lipinski definition) is 4. The number of aliphatic hydroxyl groups is 1. The largest absolute Gasteiger partial charge is 0.379 e. The van der Waals surface area contributed by atoms with Crippen molar-refractivity contribution in [1.29, 1.82) is 0 Å². The zero-order valence-corrected chi connectivity index (χ0v) is 18.5. The number of aromatic nitrogens is 3. The summed E-state index contributed by atoms with van der Waals surface area (Å²) in [6, 6.07) is 16.0. The van der Waals surface area contributed by atoms with Gasteiger partial charge in [-0.3, -0.25) is 9.98 Å². The van der Waals surface area contributed by atoms with E-state index < -0.39 is 5.60 Å². The summed E-state index contributed by atoms with van der Waals surface area (Å²) in [5, 5.41) is 12.7. The molecule has 0 spiro atoms. The minimum atomic E-state index is -1.09. The van der Waals surface area contributed by atoms with Crippen LogP contribution in [0, 0.1) is 0 Å². The van der Waals surface area contributed by atoms with Crippen LogP contribution in [0.5, 0.6) is 0 Å². The summed E-state index contributed by atoms with van der Waals surface area (Å²) in [6.45, 7) is 6.14. The maximum absolute atomic E-state index is 11.7. The Bertz CT molecular complexity index is 1370. The first-order valence-electron chi connectivity index (χ1n) is 10.9. The Balaban J connectivity index is 1.53. The highest BCUT2D eigenvalue weighted by atomic mass is 16.3. The molecule has 0 bridgehead atoms. The summed E-state index contributed by atoms with van der Waals surface area (Å²) < 4.78 is 0. The third-order valence-electron chi connectivity index (χ3n) is 6.40. The fourth-order valence-corrected chi connectivity index (χ4v) is 4.79. The molecule has 0 radical (unpaired) electrons. The van der Waals surface area contributed by atoms with E-state index in [1.54, 1.807) is 12.4 Å². The molecule has 160 valence electrons. The van der Waals surface area contributed by atoms with Crippen molar-refractivity contribution in [1.82, 2.24) is 15.0 Å². The number of rotatable bonds is 4. The van der Waals surface area contributed by atoms with Crippen molar-refractivity contribution in [2.75, 3.05) is 0 Å². The maximum atomic E-state index is 11.7. The van der Waals surface area contributed by atoms with Crippen LogP contribution in [0.25, 0.3) is 16.7 Å². The van der Waals surface area contributed by atoms with Gasteiger partial charge in [0.1, 0.15) is 11.2 Å². The number of aliphatic imine (C=N–C) groups is 1. The molecule has 0 fully saturated rings. The Kier molecular flexibility index (Phi) is 4.98. The normalized spacial score (nSPS) is 21.2. The Morgan fingerprint density at radius 2 is 1.97 bits per heavy atom. The van der Waals surface area contributed by atoms with E-state index in [1.807, 2.05) is 68.6 Å². The molecule has 3 heterocycles. The average Bonchev–Trinajstić information content (AvgIpc) is 3.37. The van der Waals surface area contributed by atoms with Crippen molar-refractivity contribution in [2.45, 2.75) is 38.7 Å². The van der Waals surface area contributed by atoms with E-state index in [1.165, 1.54) is 0 Å². The highest BCUT2D eigenvalue weighted by Gasteiger charge is 2.43. The number of allylic oxidation sites excluding steroid dienone is 1. The summed E-state index contributed by atoms with van der Waals surface area (Å²) in [5.41, 5.74) is 6.25. The number of benzene rings is 1. The van der Waals surface area contributed by atoms with Gasteiger partial charge in [0.2, 0.25) is 0 Å². The molecule has 2 unspecified atom stereocenters. The topological polar surface area (TPSA) is 74.2 Å². The zero-order valence-electron chi connectivity index (χ0n) is 18.5. The summed E-state index contributed by atoms with van der Waals surface area (Å²) in [5.74, 6) is 0.254. The summed E-state index contributed by atoms with van der Waals surface area (Å²) in [7, 11) is 0. The molecular weight excluding hydrogens is 396 g/mol. The monoisotopic (exact) mass is 422 g/mol. The first-order chi connectivity index (χ1) is 15.5. The predicted molar refractivity (Wildman–Crippen MR) is 129 cm³/mol. The molecule has 3 aromatic heterocycles. The van der Waals surface area contributed by atoms with Crippen LogP contribution in [0.4, 0.5) is 0 Å². The Morgan fingerprint density at radius 1 is 1.16 bits per heavy atom. The first kappa shape index (κ1) is 20.3. The van der Waals surface area contributed by atoms with E-state index in [0.29, 0.717) is 6.42 Å². The second-order valence-corrected chi connectivity index (χ2v) is 8.46. The van der Waals surface area contributed by atoms with Crippen molar-refractivity contribution in [3.8, 4) is 0 Å². The van der Waals surface area contributed by atoms with E-state index in [-0.39, 0.29) is 5.92 Å². The summed E-state index contributed by atoms with van der Waals surface area (Å²) >= 11 is 0. The second kappa shape index (κ2) is 7.84. The molecule has 2 atom stereocenters. The third kappa shape index (κ3) is 3.26. The molecule has 0 saturated heterocycles. The van der Waals surface area contributed by atoms with Crippen LogP contribution in [0.2, 0.25) is 0 Å². The molecule has 1 aromatic carbocycles. The van der Waals surface area contributed by atoms with Gasteiger partial charge >= 0.3 is 0 Å². The lowest BCUT2D eigenvalue weighted by Gasteiger charge is -2.24. The molecule has 4 aromatic rings. The highest BCUT2D eigenvalue weighted by Crippen LogP contribution is 2.47. The van der Waals surface area contributed by atoms with Crippen LogP contribution in [0.1, 0.15) is 61.1 Å². The second-order valence-electron chi connectivity index (χ2n) is 8.46. The van der Waals surface area contributed by atoms with Crippen molar-refractivity contribution in [3.05, 3.63) is 101 Å². The molecule has 1 aliphatic rings. The first-order valence-corrected chi connectivity index (χ1v) is 10.9. The molecule has 0 amide bonds. The number of nitrogens with one attached hydrogen (secondary N) is 1. The lowest BCUT2D eigenvalue weighted by Crippen LogP contribution is -2.25. The van der Waals surface area contributed by atoms with Crippen molar-refractivity contribution < 1.29 is 5.11 Å². The van der Waals surface area contributed by atoms with E-state index in [0.717, 1.165) is 50.4 Å². The molecular formula is C27H26N4O. The van der Waals surface area contributed by atoms with Crippen LogP contribution in [0.15, 0.2) is 78.2 Å². The van der Waals surface area contributed by atoms with Crippen molar-refractivity contribution in [2.24, 2.45) is 4.99 Å². The summed E-state index contributed by atoms with van der Waals surface area (Å²) in [4.78, 5) is 17.1. The minimum Gasteiger partial charge on any atom is -0.379 e. The Hall–Kier alpha value is -3.57. The van der Waals surface area contributed by atoms with Gasteiger partial charge < -0.3 is 10.1 Å². The zero-order chi connectivity index (χ0) is 22.3. The SMILES string of the molecule is C/C=C(\N=C(C)c1c[nH]c2ncccc12)c1cccc(C2(O)CC(C)c3cccnc32)c1. The predicted octanol–water partition coefficient (Wildman–Crippen LogP) is 5.57. The van der Waals surface area contributed by atoms with Crippen LogP contribution in [-0.2, 0) is 5.60 Å². The average molecular weight is 423 g/mol. The van der Waals surface area contributed by atoms with E-state index in [4.69, 9.17) is 4.99 Å². The van der Waals surface area contributed by atoms with Gasteiger partial charge in [-0.1, -0.05) is 37.3 Å². The van der Waals surface area contributed by atoms with Gasteiger partial charge in [-0.2, -0.15) is 0 Å². The van der Waals surface area contributed by atoms with Gasteiger partial charge in [0.25, 0.3) is 0 Å². The van der Waals surface area contributed by atoms with Gasteiger partial charge in [-0.05, 0) is 61.6 Å². The highest BCUT2D eigenvalue weighted by molar-refractivity contribution is 6.10. The van der Waals surface area contributed by atoms with Crippen molar-refractivity contribution >= 4 is 22.4 Å². The lowest BCUT2D eigenvalue weighted by atomic mass is 9.88. The molecule has 1 aliphatic carbocycles. The quantitative estimate of drug-likeness (QED) is 0.422. The molecule has 0 saturated carbocycles. The van der Waals surface area contributed by atoms with Crippen LogP contribution in [0.3, 0.4) is 0 Å². The number of aromatic amines is 1. The van der Waals surface area contributed by atoms with Crippen LogP contribution >= 0.6 is 0 Å². The molecule has 5 nitrogen and oxygen atoms in total. The van der Waals surface area contributed by atoms with Crippen LogP contribution < -0.4 is 0 Å². The fourth-order valence-electron chi connectivity index (χ4n) is 4.79. The van der Waals surface area contributed by atoms with E-state index in [2.05, 4.69) is 27.9 Å². The minimum absolute atomic E-state index is 0.254. The van der Waals surface area contributed by atoms with Crippen LogP contribution in [-0.4, -0.2) is 25.8 Å².